The minimum atomic E-state index is -0.931. The van der Waals surface area contributed by atoms with Gasteiger partial charge in [-0.2, -0.15) is 0 Å². The van der Waals surface area contributed by atoms with Crippen molar-refractivity contribution >= 4 is 5.97 Å². The third-order valence-electron chi connectivity index (χ3n) is 3.70. The van der Waals surface area contributed by atoms with E-state index in [-0.39, 0.29) is 24.2 Å². The molecule has 2 unspecified atom stereocenters. The molecule has 5 nitrogen and oxygen atoms in total. The molecule has 1 aliphatic rings. The zero-order valence-electron chi connectivity index (χ0n) is 14.8. The van der Waals surface area contributed by atoms with E-state index in [1.165, 1.54) is 0 Å². The van der Waals surface area contributed by atoms with Crippen LogP contribution < -0.4 is 0 Å². The van der Waals surface area contributed by atoms with E-state index >= 15 is 0 Å². The van der Waals surface area contributed by atoms with E-state index in [2.05, 4.69) is 0 Å². The van der Waals surface area contributed by atoms with Gasteiger partial charge in [-0.25, -0.2) is 0 Å². The number of hydrogen-bond donors (Lipinski definition) is 2. The molecule has 0 aromatic rings. The molecule has 1 aliphatic carbocycles. The normalized spacial score (nSPS) is 28.3. The maximum atomic E-state index is 12.1. The zero-order valence-corrected chi connectivity index (χ0v) is 14.8. The third kappa shape index (κ3) is 7.07. The molecule has 2 N–H and O–H groups in total. The maximum Gasteiger partial charge on any atom is 0.306 e. The Labute approximate surface area is 134 Å². The van der Waals surface area contributed by atoms with Crippen molar-refractivity contribution in [1.29, 1.82) is 0 Å². The smallest absolute Gasteiger partial charge is 0.306 e. The van der Waals surface area contributed by atoms with E-state index in [9.17, 15) is 15.0 Å². The Morgan fingerprint density at radius 3 is 2.23 bits per heavy atom. The van der Waals surface area contributed by atoms with Gasteiger partial charge in [0.2, 0.25) is 0 Å². The van der Waals surface area contributed by atoms with Gasteiger partial charge >= 0.3 is 5.97 Å². The number of aliphatic hydroxyl groups is 2. The van der Waals surface area contributed by atoms with Gasteiger partial charge in [-0.05, 0) is 66.7 Å². The molecule has 0 amide bonds. The van der Waals surface area contributed by atoms with Crippen LogP contribution in [0.3, 0.4) is 0 Å². The van der Waals surface area contributed by atoms with E-state index in [4.69, 9.17) is 9.47 Å². The van der Waals surface area contributed by atoms with Crippen LogP contribution in [0.2, 0.25) is 0 Å². The van der Waals surface area contributed by atoms with Crippen LogP contribution >= 0.6 is 0 Å². The Kier molecular flexibility index (Phi) is 6.42. The second kappa shape index (κ2) is 7.28. The SMILES string of the molecule is CC(C)(C)OC(=O)C[C@@H]1C[C@H](O)CCC1C(O)OC(C)(C)C. The van der Waals surface area contributed by atoms with Crippen molar-refractivity contribution < 1.29 is 24.5 Å². The molecular formula is C17H32O5. The zero-order chi connectivity index (χ0) is 17.1. The molecule has 1 rings (SSSR count). The molecule has 0 aliphatic heterocycles. The maximum absolute atomic E-state index is 12.1. The number of ether oxygens (including phenoxy) is 2. The van der Waals surface area contributed by atoms with Crippen LogP contribution in [0.15, 0.2) is 0 Å². The van der Waals surface area contributed by atoms with E-state index in [1.807, 2.05) is 41.5 Å². The molecule has 0 radical (unpaired) electrons. The first-order valence-electron chi connectivity index (χ1n) is 8.13. The molecule has 0 heterocycles. The molecule has 130 valence electrons. The van der Waals surface area contributed by atoms with Crippen molar-refractivity contribution in [3.8, 4) is 0 Å². The van der Waals surface area contributed by atoms with E-state index in [0.29, 0.717) is 19.3 Å². The highest BCUT2D eigenvalue weighted by molar-refractivity contribution is 5.70. The summed E-state index contributed by atoms with van der Waals surface area (Å²) in [5.41, 5.74) is -0.980. The Morgan fingerprint density at radius 1 is 1.14 bits per heavy atom. The van der Waals surface area contributed by atoms with Gasteiger partial charge in [0, 0.05) is 12.3 Å². The summed E-state index contributed by atoms with van der Waals surface area (Å²) in [7, 11) is 0. The number of carbonyl (C=O) groups is 1. The predicted molar refractivity (Wildman–Crippen MR) is 84.1 cm³/mol. The van der Waals surface area contributed by atoms with Crippen molar-refractivity contribution in [2.24, 2.45) is 11.8 Å². The quantitative estimate of drug-likeness (QED) is 0.616. The highest BCUT2D eigenvalue weighted by Gasteiger charge is 2.38. The number of aliphatic hydroxyl groups excluding tert-OH is 2. The molecule has 0 bridgehead atoms. The standard InChI is InChI=1S/C17H32O5/c1-16(2,3)21-14(19)10-11-9-12(18)7-8-13(11)15(20)22-17(4,5)6/h11-13,15,18,20H,7-10H2,1-6H3/t11-,12+,13?,15?/m0/s1. The van der Waals surface area contributed by atoms with Gasteiger partial charge in [-0.15, -0.1) is 0 Å². The summed E-state index contributed by atoms with van der Waals surface area (Å²) in [6, 6.07) is 0. The van der Waals surface area contributed by atoms with Crippen LogP contribution in [0.5, 0.6) is 0 Å². The van der Waals surface area contributed by atoms with Crippen LogP contribution in [0.1, 0.15) is 67.2 Å². The number of carbonyl (C=O) groups excluding carboxylic acids is 1. The molecule has 1 saturated carbocycles. The van der Waals surface area contributed by atoms with Crippen LogP contribution in [0, 0.1) is 11.8 Å². The minimum absolute atomic E-state index is 0.129. The van der Waals surface area contributed by atoms with E-state index in [1.54, 1.807) is 0 Å². The average Bonchev–Trinajstić information content (AvgIpc) is 2.23. The second-order valence-electron chi connectivity index (χ2n) is 8.30. The molecule has 0 aromatic heterocycles. The van der Waals surface area contributed by atoms with Crippen LogP contribution in [0.4, 0.5) is 0 Å². The lowest BCUT2D eigenvalue weighted by molar-refractivity contribution is -0.210. The summed E-state index contributed by atoms with van der Waals surface area (Å²) in [6.45, 7) is 11.1. The van der Waals surface area contributed by atoms with Crippen molar-refractivity contribution in [2.45, 2.75) is 90.8 Å². The highest BCUT2D eigenvalue weighted by Crippen LogP contribution is 2.36. The lowest BCUT2D eigenvalue weighted by Gasteiger charge is -2.38. The van der Waals surface area contributed by atoms with Gasteiger partial charge in [0.05, 0.1) is 11.7 Å². The third-order valence-corrected chi connectivity index (χ3v) is 3.70. The molecule has 22 heavy (non-hydrogen) atoms. The van der Waals surface area contributed by atoms with Crippen LogP contribution in [-0.4, -0.2) is 39.8 Å². The molecule has 5 heteroatoms. The van der Waals surface area contributed by atoms with Gasteiger partial charge < -0.3 is 19.7 Å². The molecule has 1 fully saturated rings. The van der Waals surface area contributed by atoms with Crippen molar-refractivity contribution in [1.82, 2.24) is 0 Å². The first kappa shape index (κ1) is 19.4. The minimum Gasteiger partial charge on any atom is -0.460 e. The van der Waals surface area contributed by atoms with Gasteiger partial charge in [0.1, 0.15) is 5.60 Å². The molecule has 0 spiro atoms. The fourth-order valence-corrected chi connectivity index (χ4v) is 2.92. The fraction of sp³-hybridized carbons (Fsp3) is 0.941. The Hall–Kier alpha value is -0.650. The number of hydrogen-bond acceptors (Lipinski definition) is 5. The number of esters is 1. The first-order chi connectivity index (χ1) is 9.87. The van der Waals surface area contributed by atoms with Crippen LogP contribution in [0.25, 0.3) is 0 Å². The molecule has 4 atom stereocenters. The highest BCUT2D eigenvalue weighted by atomic mass is 16.6. The van der Waals surface area contributed by atoms with Crippen molar-refractivity contribution in [3.63, 3.8) is 0 Å². The van der Waals surface area contributed by atoms with Gasteiger partial charge in [-0.1, -0.05) is 0 Å². The summed E-state index contributed by atoms with van der Waals surface area (Å²) >= 11 is 0. The Morgan fingerprint density at radius 2 is 1.73 bits per heavy atom. The topological polar surface area (TPSA) is 76.0 Å². The fourth-order valence-electron chi connectivity index (χ4n) is 2.92. The largest absolute Gasteiger partial charge is 0.460 e. The van der Waals surface area contributed by atoms with Crippen molar-refractivity contribution in [2.75, 3.05) is 0 Å². The predicted octanol–water partition coefficient (Wildman–Crippen LogP) is 2.63. The summed E-state index contributed by atoms with van der Waals surface area (Å²) in [4.78, 5) is 12.1. The summed E-state index contributed by atoms with van der Waals surface area (Å²) in [6.07, 6.45) is 0.606. The van der Waals surface area contributed by atoms with Gasteiger partial charge in [0.15, 0.2) is 6.29 Å². The first-order valence-corrected chi connectivity index (χ1v) is 8.13. The molecule has 0 saturated heterocycles. The summed E-state index contributed by atoms with van der Waals surface area (Å²) in [5, 5.41) is 20.2. The lowest BCUT2D eigenvalue weighted by atomic mass is 9.75. The molecular weight excluding hydrogens is 284 g/mol. The van der Waals surface area contributed by atoms with Crippen LogP contribution in [-0.2, 0) is 14.3 Å². The monoisotopic (exact) mass is 316 g/mol. The Balaban J connectivity index is 2.71. The van der Waals surface area contributed by atoms with Crippen molar-refractivity contribution in [3.05, 3.63) is 0 Å². The van der Waals surface area contributed by atoms with E-state index in [0.717, 1.165) is 0 Å². The lowest BCUT2D eigenvalue weighted by Crippen LogP contribution is -2.41. The van der Waals surface area contributed by atoms with E-state index < -0.39 is 23.6 Å². The second-order valence-corrected chi connectivity index (χ2v) is 8.30. The number of rotatable bonds is 4. The molecule has 0 aromatic carbocycles. The average molecular weight is 316 g/mol. The van der Waals surface area contributed by atoms with Gasteiger partial charge in [0.25, 0.3) is 0 Å². The van der Waals surface area contributed by atoms with Gasteiger partial charge in [-0.3, -0.25) is 4.79 Å². The summed E-state index contributed by atoms with van der Waals surface area (Å²) < 4.78 is 11.0. The summed E-state index contributed by atoms with van der Waals surface area (Å²) in [5.74, 6) is -0.578. The Bertz CT molecular complexity index is 366.